The van der Waals surface area contributed by atoms with Crippen LogP contribution in [0.1, 0.15) is 43.9 Å². The molecule has 176 valence electrons. The number of aromatic nitrogens is 5. The summed E-state index contributed by atoms with van der Waals surface area (Å²) in [5.74, 6) is 0.581. The summed E-state index contributed by atoms with van der Waals surface area (Å²) in [6.45, 7) is 4.31. The Bertz CT molecular complexity index is 1460. The van der Waals surface area contributed by atoms with Crippen LogP contribution in [0.2, 0.25) is 0 Å². The van der Waals surface area contributed by atoms with Crippen molar-refractivity contribution in [1.82, 2.24) is 25.1 Å². The lowest BCUT2D eigenvalue weighted by Gasteiger charge is -2.41. The monoisotopic (exact) mass is 461 g/mol. The van der Waals surface area contributed by atoms with Gasteiger partial charge in [-0.05, 0) is 50.3 Å². The second-order valence-electron chi connectivity index (χ2n) is 10.2. The number of ether oxygens (including phenoxy) is 1. The summed E-state index contributed by atoms with van der Waals surface area (Å²) < 4.78 is 11.2. The molecule has 0 amide bonds. The van der Waals surface area contributed by atoms with Crippen molar-refractivity contribution in [2.45, 2.75) is 50.2 Å². The Hall–Kier alpha value is -3.24. The number of rotatable bonds is 3. The zero-order chi connectivity index (χ0) is 23.1. The van der Waals surface area contributed by atoms with Gasteiger partial charge in [0.25, 0.3) is 5.56 Å². The van der Waals surface area contributed by atoms with E-state index >= 15 is 0 Å². The number of nitrogens with two attached hydrogens (primary N) is 1. The standard InChI is InChI=1S/C24H27N7O3/c1-13-18(25)23(11-33-13)6-8-31(9-7-23)22-27-20-17(21(32)28-22)19(29-30-20)24(4-5-24)14-2-3-16-15(10-14)26-12-34-16/h2-3,10,12-13,18H,4-9,11,25H2,1H3,(H2,27,28,29,30,32)/t13-,18+/m0/s1. The predicted molar refractivity (Wildman–Crippen MR) is 126 cm³/mol. The van der Waals surface area contributed by atoms with Crippen molar-refractivity contribution in [1.29, 1.82) is 0 Å². The van der Waals surface area contributed by atoms with Crippen molar-refractivity contribution in [3.05, 3.63) is 46.2 Å². The third kappa shape index (κ3) is 2.75. The van der Waals surface area contributed by atoms with E-state index in [4.69, 9.17) is 19.9 Å². The number of anilines is 1. The largest absolute Gasteiger partial charge is 0.443 e. The van der Waals surface area contributed by atoms with Crippen LogP contribution in [0.4, 0.5) is 5.95 Å². The lowest BCUT2D eigenvalue weighted by atomic mass is 9.73. The van der Waals surface area contributed by atoms with Gasteiger partial charge in [-0.2, -0.15) is 10.1 Å². The Balaban J connectivity index is 1.21. The van der Waals surface area contributed by atoms with E-state index in [1.54, 1.807) is 0 Å². The molecule has 1 aromatic carbocycles. The number of fused-ring (bicyclic) bond motifs is 2. The summed E-state index contributed by atoms with van der Waals surface area (Å²) in [4.78, 5) is 27.5. The molecule has 4 N–H and O–H groups in total. The van der Waals surface area contributed by atoms with Gasteiger partial charge < -0.3 is 19.8 Å². The SMILES string of the molecule is C[C@@H]1OCC2(CCN(c3nc4[nH]nc(C5(c6ccc7ocnc7c6)CC5)c4c(=O)[nH]3)CC2)[C@@H]1N. The first-order valence-corrected chi connectivity index (χ1v) is 11.9. The summed E-state index contributed by atoms with van der Waals surface area (Å²) in [5, 5.41) is 8.17. The predicted octanol–water partition coefficient (Wildman–Crippen LogP) is 2.20. The van der Waals surface area contributed by atoms with E-state index in [9.17, 15) is 4.79 Å². The zero-order valence-electron chi connectivity index (χ0n) is 19.0. The molecule has 0 bridgehead atoms. The van der Waals surface area contributed by atoms with Gasteiger partial charge in [0, 0.05) is 30.0 Å². The molecule has 2 atom stereocenters. The molecule has 3 aliphatic rings. The van der Waals surface area contributed by atoms with Gasteiger partial charge in [-0.15, -0.1) is 0 Å². The summed E-state index contributed by atoms with van der Waals surface area (Å²) >= 11 is 0. The van der Waals surface area contributed by atoms with Crippen molar-refractivity contribution in [2.24, 2.45) is 11.1 Å². The highest BCUT2D eigenvalue weighted by molar-refractivity contribution is 5.81. The van der Waals surface area contributed by atoms with Crippen LogP contribution >= 0.6 is 0 Å². The smallest absolute Gasteiger partial charge is 0.263 e. The Morgan fingerprint density at radius 1 is 1.21 bits per heavy atom. The molecule has 1 aliphatic carbocycles. The highest BCUT2D eigenvalue weighted by Crippen LogP contribution is 2.54. The minimum atomic E-state index is -0.297. The number of hydrogen-bond acceptors (Lipinski definition) is 8. The van der Waals surface area contributed by atoms with Crippen molar-refractivity contribution < 1.29 is 9.15 Å². The maximum absolute atomic E-state index is 13.3. The molecule has 5 heterocycles. The molecule has 2 aliphatic heterocycles. The van der Waals surface area contributed by atoms with Gasteiger partial charge in [0.15, 0.2) is 17.6 Å². The van der Waals surface area contributed by atoms with Gasteiger partial charge >= 0.3 is 0 Å². The highest BCUT2D eigenvalue weighted by Gasteiger charge is 2.50. The van der Waals surface area contributed by atoms with Crippen LogP contribution in [-0.4, -0.2) is 57.0 Å². The van der Waals surface area contributed by atoms with Crippen LogP contribution in [0.5, 0.6) is 0 Å². The molecule has 3 aromatic heterocycles. The molecule has 0 radical (unpaired) electrons. The molecule has 34 heavy (non-hydrogen) atoms. The number of hydrogen-bond donors (Lipinski definition) is 3. The maximum Gasteiger partial charge on any atom is 0.263 e. The van der Waals surface area contributed by atoms with Crippen LogP contribution in [0.15, 0.2) is 33.8 Å². The van der Waals surface area contributed by atoms with Gasteiger partial charge in [-0.3, -0.25) is 14.9 Å². The molecule has 1 saturated carbocycles. The molecular formula is C24H27N7O3. The number of oxazole rings is 1. The normalized spacial score (nSPS) is 25.5. The first-order valence-electron chi connectivity index (χ1n) is 11.9. The van der Waals surface area contributed by atoms with Crippen LogP contribution in [0.3, 0.4) is 0 Å². The fourth-order valence-electron chi connectivity index (χ4n) is 6.00. The zero-order valence-corrected chi connectivity index (χ0v) is 19.0. The average Bonchev–Trinajstić information content (AvgIpc) is 3.19. The fraction of sp³-hybridized carbons (Fsp3) is 0.500. The van der Waals surface area contributed by atoms with E-state index in [2.05, 4.69) is 25.1 Å². The fourth-order valence-corrected chi connectivity index (χ4v) is 6.00. The third-order valence-electron chi connectivity index (χ3n) is 8.41. The summed E-state index contributed by atoms with van der Waals surface area (Å²) in [6, 6.07) is 6.05. The molecular weight excluding hydrogens is 434 g/mol. The second-order valence-corrected chi connectivity index (χ2v) is 10.2. The lowest BCUT2D eigenvalue weighted by Crippen LogP contribution is -2.51. The Kier molecular flexibility index (Phi) is 4.09. The van der Waals surface area contributed by atoms with Crippen LogP contribution < -0.4 is 16.2 Å². The van der Waals surface area contributed by atoms with Crippen molar-refractivity contribution >= 4 is 28.1 Å². The van der Waals surface area contributed by atoms with E-state index in [0.717, 1.165) is 61.1 Å². The molecule has 7 rings (SSSR count). The van der Waals surface area contributed by atoms with E-state index in [1.807, 2.05) is 25.1 Å². The third-order valence-corrected chi connectivity index (χ3v) is 8.41. The van der Waals surface area contributed by atoms with Crippen LogP contribution in [0.25, 0.3) is 22.1 Å². The maximum atomic E-state index is 13.3. The van der Waals surface area contributed by atoms with Gasteiger partial charge in [0.2, 0.25) is 5.95 Å². The van der Waals surface area contributed by atoms with E-state index < -0.39 is 0 Å². The molecule has 0 unspecified atom stereocenters. The first-order chi connectivity index (χ1) is 16.5. The average molecular weight is 462 g/mol. The van der Waals surface area contributed by atoms with Crippen molar-refractivity contribution in [2.75, 3.05) is 24.6 Å². The number of benzene rings is 1. The van der Waals surface area contributed by atoms with Crippen molar-refractivity contribution in [3.8, 4) is 0 Å². The quantitative estimate of drug-likeness (QED) is 0.422. The minimum Gasteiger partial charge on any atom is -0.443 e. The number of nitrogens with zero attached hydrogens (tertiary/aromatic N) is 4. The molecule has 10 nitrogen and oxygen atoms in total. The molecule has 3 fully saturated rings. The second kappa shape index (κ2) is 6.89. The highest BCUT2D eigenvalue weighted by atomic mass is 16.5. The number of H-pyrrole nitrogens is 2. The molecule has 2 saturated heterocycles. The Morgan fingerprint density at radius 2 is 2.03 bits per heavy atom. The van der Waals surface area contributed by atoms with Crippen molar-refractivity contribution in [3.63, 3.8) is 0 Å². The van der Waals surface area contributed by atoms with Gasteiger partial charge in [0.05, 0.1) is 18.4 Å². The molecule has 10 heteroatoms. The summed E-state index contributed by atoms with van der Waals surface area (Å²) in [7, 11) is 0. The van der Waals surface area contributed by atoms with Crippen LogP contribution in [-0.2, 0) is 10.2 Å². The van der Waals surface area contributed by atoms with E-state index in [0.29, 0.717) is 23.6 Å². The first kappa shape index (κ1) is 20.2. The Morgan fingerprint density at radius 3 is 2.76 bits per heavy atom. The number of aromatic amines is 2. The van der Waals surface area contributed by atoms with Gasteiger partial charge in [-0.1, -0.05) is 6.07 Å². The van der Waals surface area contributed by atoms with E-state index in [-0.39, 0.29) is 28.5 Å². The van der Waals surface area contributed by atoms with E-state index in [1.165, 1.54) is 6.39 Å². The van der Waals surface area contributed by atoms with Crippen LogP contribution in [0, 0.1) is 5.41 Å². The minimum absolute atomic E-state index is 0.0186. The summed E-state index contributed by atoms with van der Waals surface area (Å²) in [6.07, 6.45) is 5.22. The number of nitrogens with one attached hydrogen (secondary N) is 2. The number of piperidine rings is 1. The Labute approximate surface area is 194 Å². The topological polar surface area (TPSA) is 139 Å². The van der Waals surface area contributed by atoms with Gasteiger partial charge in [0.1, 0.15) is 10.9 Å². The lowest BCUT2D eigenvalue weighted by molar-refractivity contribution is 0.0973. The molecule has 1 spiro atoms. The summed E-state index contributed by atoms with van der Waals surface area (Å²) in [5.41, 5.74) is 9.95. The van der Waals surface area contributed by atoms with Gasteiger partial charge in [-0.25, -0.2) is 4.98 Å². The molecule has 4 aromatic rings.